The molecule has 0 atom stereocenters. The minimum atomic E-state index is -3.92. The third-order valence-corrected chi connectivity index (χ3v) is 20.0. The van der Waals surface area contributed by atoms with E-state index in [2.05, 4.69) is 27.7 Å². The van der Waals surface area contributed by atoms with Gasteiger partial charge in [-0.15, -0.1) is 0 Å². The number of rotatable bonds is 34. The van der Waals surface area contributed by atoms with E-state index in [4.69, 9.17) is 6.15 Å². The van der Waals surface area contributed by atoms with Gasteiger partial charge < -0.3 is 0 Å². The Balaban J connectivity index is 5.06. The minimum absolute atomic E-state index is 0.137. The van der Waals surface area contributed by atoms with Gasteiger partial charge in [0.05, 0.1) is 0 Å². The molecule has 0 saturated carbocycles. The van der Waals surface area contributed by atoms with Crippen molar-refractivity contribution < 1.29 is 15.7 Å². The van der Waals surface area contributed by atoms with Gasteiger partial charge in [0.15, 0.2) is 0 Å². The second-order valence-electron chi connectivity index (χ2n) is 12.5. The molecule has 0 N–H and O–H groups in total. The summed E-state index contributed by atoms with van der Waals surface area (Å²) in [6.45, 7) is 8.90. The van der Waals surface area contributed by atoms with Crippen molar-refractivity contribution in [1.29, 1.82) is 0 Å². The van der Waals surface area contributed by atoms with Crippen LogP contribution in [0.4, 0.5) is 0 Å². The summed E-state index contributed by atoms with van der Waals surface area (Å²) in [5.74, 6) is 2.47. The molecule has 43 heavy (non-hydrogen) atoms. The molecule has 7 heteroatoms. The van der Waals surface area contributed by atoms with Gasteiger partial charge in [0.1, 0.15) is 0 Å². The van der Waals surface area contributed by atoms with E-state index < -0.39 is 19.2 Å². The fourth-order valence-corrected chi connectivity index (χ4v) is 17.0. The molecule has 0 radical (unpaired) electrons. The van der Waals surface area contributed by atoms with E-state index in [0.717, 1.165) is 71.7 Å². The van der Waals surface area contributed by atoms with Crippen LogP contribution in [-0.2, 0) is 15.7 Å². The van der Waals surface area contributed by atoms with E-state index in [-0.39, 0.29) is 11.9 Å². The van der Waals surface area contributed by atoms with E-state index in [1.807, 2.05) is 0 Å². The number of thioether (sulfide) groups is 2. The molecule has 0 aliphatic rings. The molecule has 0 aromatic carbocycles. The Morgan fingerprint density at radius 1 is 0.419 bits per heavy atom. The molecule has 0 aromatic rings. The first kappa shape index (κ1) is 43.4. The number of carbonyl (C=O) groups is 2. The molecule has 0 aliphatic heterocycles. The van der Waals surface area contributed by atoms with Crippen LogP contribution in [0, 0.1) is 0 Å². The summed E-state index contributed by atoms with van der Waals surface area (Å²) >= 11 is -0.581. The van der Waals surface area contributed by atoms with Crippen LogP contribution in [0.25, 0.3) is 0 Å². The van der Waals surface area contributed by atoms with Gasteiger partial charge in [0.25, 0.3) is 0 Å². The molecule has 0 fully saturated rings. The zero-order valence-corrected chi connectivity index (χ0v) is 33.6. The van der Waals surface area contributed by atoms with Gasteiger partial charge in [-0.3, -0.25) is 0 Å². The molecule has 0 rings (SSSR count). The summed E-state index contributed by atoms with van der Waals surface area (Å²) in [6, 6.07) is 0. The Bertz CT molecular complexity index is 568. The van der Waals surface area contributed by atoms with E-state index in [1.165, 1.54) is 103 Å². The average Bonchev–Trinajstić information content (AvgIpc) is 2.99. The predicted octanol–water partition coefficient (Wildman–Crippen LogP) is 12.4. The summed E-state index contributed by atoms with van der Waals surface area (Å²) in [6.07, 6.45) is 30.0. The Labute approximate surface area is 282 Å². The van der Waals surface area contributed by atoms with Crippen LogP contribution in [0.1, 0.15) is 182 Å². The van der Waals surface area contributed by atoms with Gasteiger partial charge in [-0.2, -0.15) is 0 Å². The van der Waals surface area contributed by atoms with Crippen LogP contribution in [0.3, 0.4) is 0 Å². The van der Waals surface area contributed by atoms with Crippen LogP contribution >= 0.6 is 23.5 Å². The Morgan fingerprint density at radius 2 is 0.698 bits per heavy atom. The van der Waals surface area contributed by atoms with Gasteiger partial charge in [0.2, 0.25) is 0 Å². The van der Waals surface area contributed by atoms with Crippen molar-refractivity contribution >= 4 is 54.7 Å². The van der Waals surface area contributed by atoms with E-state index >= 15 is 0 Å². The molecule has 0 aromatic heterocycles. The second-order valence-corrected chi connectivity index (χ2v) is 24.0. The van der Waals surface area contributed by atoms with Crippen LogP contribution in [0.5, 0.6) is 0 Å². The fraction of sp³-hybridized carbons (Fsp3) is 0.944. The van der Waals surface area contributed by atoms with Crippen LogP contribution in [0.2, 0.25) is 8.87 Å². The summed E-state index contributed by atoms with van der Waals surface area (Å²) < 4.78 is 14.4. The van der Waals surface area contributed by atoms with E-state index in [1.54, 1.807) is 23.5 Å². The normalized spacial score (nSPS) is 11.6. The standard InChI is InChI=1S/2C12H25.2C6H12O2S.Sn/c2*1-3-5-7-9-11-12-10-8-6-4-2;2*1-2-3-4-9-5-6(7)8;/h2*1,3-12H2,2H3;2*2-5H2,1H3,(H,7,8);/q;;;;+2/p-2. The quantitative estimate of drug-likeness (QED) is 0.0482. The molecule has 0 spiro atoms. The maximum absolute atomic E-state index is 13.1. The monoisotopic (exact) mass is 752 g/mol. The van der Waals surface area contributed by atoms with Crippen LogP contribution < -0.4 is 0 Å². The zero-order valence-electron chi connectivity index (χ0n) is 29.2. The fourth-order valence-electron chi connectivity index (χ4n) is 5.39. The van der Waals surface area contributed by atoms with Crippen molar-refractivity contribution in [2.45, 2.75) is 191 Å². The van der Waals surface area contributed by atoms with Crippen molar-refractivity contribution in [3.05, 3.63) is 0 Å². The van der Waals surface area contributed by atoms with Crippen molar-refractivity contribution in [1.82, 2.24) is 0 Å². The van der Waals surface area contributed by atoms with Gasteiger partial charge in [-0.1, -0.05) is 0 Å². The topological polar surface area (TPSA) is 52.6 Å². The Kier molecular flexibility index (Phi) is 34.1. The maximum atomic E-state index is 13.1. The van der Waals surface area contributed by atoms with E-state index in [9.17, 15) is 9.59 Å². The first-order chi connectivity index (χ1) is 21.0. The van der Waals surface area contributed by atoms with Crippen molar-refractivity contribution in [3.8, 4) is 0 Å². The Morgan fingerprint density at radius 3 is 1.00 bits per heavy atom. The summed E-state index contributed by atoms with van der Waals surface area (Å²) in [5.41, 5.74) is 0. The third-order valence-electron chi connectivity index (χ3n) is 8.15. The van der Waals surface area contributed by atoms with Gasteiger partial charge in [-0.05, 0) is 0 Å². The number of hydrogen-bond donors (Lipinski definition) is 0. The van der Waals surface area contributed by atoms with Gasteiger partial charge >= 0.3 is 284 Å². The number of hydrogen-bond acceptors (Lipinski definition) is 6. The number of unbranched alkanes of at least 4 members (excludes halogenated alkanes) is 20. The molecule has 0 unspecified atom stereocenters. The molecule has 256 valence electrons. The summed E-state index contributed by atoms with van der Waals surface area (Å²) in [7, 11) is 0. The molecular formula is C36H72O4S2Sn. The van der Waals surface area contributed by atoms with Crippen LogP contribution in [0.15, 0.2) is 0 Å². The molecule has 0 aliphatic carbocycles. The summed E-state index contributed by atoms with van der Waals surface area (Å²) in [5, 5.41) is 0. The van der Waals surface area contributed by atoms with Crippen molar-refractivity contribution in [2.24, 2.45) is 0 Å². The molecule has 0 bridgehead atoms. The third kappa shape index (κ3) is 29.6. The second kappa shape index (κ2) is 33.8. The Hall–Kier alpha value is 0.439. The average molecular weight is 752 g/mol. The summed E-state index contributed by atoms with van der Waals surface area (Å²) in [4.78, 5) is 26.2. The van der Waals surface area contributed by atoms with Gasteiger partial charge in [0, 0.05) is 0 Å². The van der Waals surface area contributed by atoms with Crippen molar-refractivity contribution in [2.75, 3.05) is 23.0 Å². The van der Waals surface area contributed by atoms with E-state index in [0.29, 0.717) is 11.5 Å². The molecule has 4 nitrogen and oxygen atoms in total. The first-order valence-corrected chi connectivity index (χ1v) is 27.3. The van der Waals surface area contributed by atoms with Crippen molar-refractivity contribution in [3.63, 3.8) is 0 Å². The zero-order chi connectivity index (χ0) is 31.7. The molecule has 0 saturated heterocycles. The first-order valence-electron chi connectivity index (χ1n) is 18.6. The van der Waals surface area contributed by atoms with Crippen LogP contribution in [-0.4, -0.2) is 54.2 Å². The number of carbonyl (C=O) groups excluding carboxylic acids is 2. The van der Waals surface area contributed by atoms with Gasteiger partial charge in [-0.25, -0.2) is 0 Å². The SMILES string of the molecule is CCCCCCCCCCC[CH2][Sn]([CH2]CCCCCCCCCCC)([O]C(=O)CSCCCC)[O]C(=O)CSCCCC. The molecule has 0 amide bonds. The molecule has 0 heterocycles. The molecular weight excluding hydrogens is 679 g/mol. The predicted molar refractivity (Wildman–Crippen MR) is 196 cm³/mol.